The molecule has 0 fully saturated rings. The Kier molecular flexibility index (Phi) is 4.30. The van der Waals surface area contributed by atoms with Gasteiger partial charge in [-0.25, -0.2) is 0 Å². The van der Waals surface area contributed by atoms with E-state index in [9.17, 15) is 4.79 Å². The van der Waals surface area contributed by atoms with Gasteiger partial charge in [0, 0.05) is 18.3 Å². The molecule has 0 saturated heterocycles. The topological polar surface area (TPSA) is 51.2 Å². The molecule has 2 aromatic rings. The van der Waals surface area contributed by atoms with Crippen LogP contribution in [0.3, 0.4) is 0 Å². The third kappa shape index (κ3) is 3.31. The fraction of sp³-hybridized carbons (Fsp3) is 0.143. The quantitative estimate of drug-likeness (QED) is 0.790. The number of benzene rings is 1. The van der Waals surface area contributed by atoms with E-state index in [4.69, 9.17) is 4.74 Å². The van der Waals surface area contributed by atoms with Crippen LogP contribution >= 0.6 is 0 Å². The zero-order valence-electron chi connectivity index (χ0n) is 9.87. The number of hydrogen-bond acceptors (Lipinski definition) is 3. The first kappa shape index (κ1) is 12.1. The standard InChI is InChI=1S/C14H14N2O2/c17-11-16-13-6-1-2-7-14(13)18-10-8-12-5-3-4-9-15-12/h1-7,9,11H,8,10H2,(H,16,17). The first-order valence-electron chi connectivity index (χ1n) is 5.72. The molecule has 0 aliphatic carbocycles. The second kappa shape index (κ2) is 6.39. The second-order valence-electron chi connectivity index (χ2n) is 3.68. The largest absolute Gasteiger partial charge is 0.491 e. The van der Waals surface area contributed by atoms with Crippen molar-refractivity contribution < 1.29 is 9.53 Å². The Labute approximate surface area is 106 Å². The summed E-state index contributed by atoms with van der Waals surface area (Å²) in [6.45, 7) is 0.522. The number of amides is 1. The molecule has 0 aliphatic heterocycles. The summed E-state index contributed by atoms with van der Waals surface area (Å²) < 4.78 is 5.63. The van der Waals surface area contributed by atoms with Gasteiger partial charge in [-0.1, -0.05) is 18.2 Å². The van der Waals surface area contributed by atoms with E-state index < -0.39 is 0 Å². The van der Waals surface area contributed by atoms with Crippen LogP contribution in [0.5, 0.6) is 5.75 Å². The Morgan fingerprint density at radius 3 is 2.78 bits per heavy atom. The van der Waals surface area contributed by atoms with E-state index in [1.165, 1.54) is 0 Å². The first-order valence-corrected chi connectivity index (χ1v) is 5.72. The molecule has 2 rings (SSSR count). The normalized spacial score (nSPS) is 9.78. The summed E-state index contributed by atoms with van der Waals surface area (Å²) in [4.78, 5) is 14.7. The summed E-state index contributed by atoms with van der Waals surface area (Å²) in [7, 11) is 0. The molecule has 1 aromatic heterocycles. The fourth-order valence-corrected chi connectivity index (χ4v) is 1.59. The molecular weight excluding hydrogens is 228 g/mol. The lowest BCUT2D eigenvalue weighted by Crippen LogP contribution is -2.05. The number of carbonyl (C=O) groups is 1. The molecule has 4 heteroatoms. The van der Waals surface area contributed by atoms with E-state index in [1.807, 2.05) is 36.4 Å². The van der Waals surface area contributed by atoms with Crippen LogP contribution in [0.1, 0.15) is 5.69 Å². The fourth-order valence-electron chi connectivity index (χ4n) is 1.59. The number of nitrogens with one attached hydrogen (secondary N) is 1. The van der Waals surface area contributed by atoms with Gasteiger partial charge in [0.25, 0.3) is 0 Å². The molecule has 0 spiro atoms. The average molecular weight is 242 g/mol. The Morgan fingerprint density at radius 1 is 1.17 bits per heavy atom. The van der Waals surface area contributed by atoms with Gasteiger partial charge < -0.3 is 10.1 Å². The van der Waals surface area contributed by atoms with E-state index in [1.54, 1.807) is 12.3 Å². The van der Waals surface area contributed by atoms with Crippen LogP contribution in [0.25, 0.3) is 0 Å². The predicted molar refractivity (Wildman–Crippen MR) is 69.6 cm³/mol. The number of ether oxygens (including phenoxy) is 1. The minimum absolute atomic E-state index is 0.522. The maximum absolute atomic E-state index is 10.4. The molecule has 0 saturated carbocycles. The van der Waals surface area contributed by atoms with Gasteiger partial charge in [0.1, 0.15) is 5.75 Å². The van der Waals surface area contributed by atoms with Crippen LogP contribution in [-0.2, 0) is 11.2 Å². The summed E-state index contributed by atoms with van der Waals surface area (Å²) in [6, 6.07) is 13.1. The van der Waals surface area contributed by atoms with Crippen molar-refractivity contribution in [2.75, 3.05) is 11.9 Å². The maximum Gasteiger partial charge on any atom is 0.211 e. The van der Waals surface area contributed by atoms with E-state index in [0.29, 0.717) is 24.5 Å². The van der Waals surface area contributed by atoms with Gasteiger partial charge in [-0.2, -0.15) is 0 Å². The molecule has 0 bridgehead atoms. The summed E-state index contributed by atoms with van der Waals surface area (Å²) in [5.41, 5.74) is 1.66. The van der Waals surface area contributed by atoms with E-state index in [0.717, 1.165) is 12.1 Å². The number of nitrogens with zero attached hydrogens (tertiary/aromatic N) is 1. The van der Waals surface area contributed by atoms with Gasteiger partial charge >= 0.3 is 0 Å². The molecule has 0 unspecified atom stereocenters. The SMILES string of the molecule is O=CNc1ccccc1OCCc1ccccn1. The van der Waals surface area contributed by atoms with Crippen molar-refractivity contribution >= 4 is 12.1 Å². The van der Waals surface area contributed by atoms with Crippen LogP contribution in [0.15, 0.2) is 48.7 Å². The summed E-state index contributed by atoms with van der Waals surface area (Å²) in [6.07, 6.45) is 3.13. The molecule has 0 radical (unpaired) electrons. The van der Waals surface area contributed by atoms with Crippen LogP contribution in [-0.4, -0.2) is 18.0 Å². The van der Waals surface area contributed by atoms with Crippen molar-refractivity contribution in [2.45, 2.75) is 6.42 Å². The third-order valence-corrected chi connectivity index (χ3v) is 2.44. The molecule has 0 atom stereocenters. The lowest BCUT2D eigenvalue weighted by molar-refractivity contribution is -0.105. The minimum atomic E-state index is 0.522. The maximum atomic E-state index is 10.4. The molecule has 1 aromatic carbocycles. The van der Waals surface area contributed by atoms with Crippen LogP contribution < -0.4 is 10.1 Å². The van der Waals surface area contributed by atoms with Crippen molar-refractivity contribution in [1.29, 1.82) is 0 Å². The third-order valence-electron chi connectivity index (χ3n) is 2.44. The number of carbonyl (C=O) groups excluding carboxylic acids is 1. The monoisotopic (exact) mass is 242 g/mol. The number of hydrogen-bond donors (Lipinski definition) is 1. The molecule has 1 N–H and O–H groups in total. The van der Waals surface area contributed by atoms with Gasteiger partial charge in [-0.05, 0) is 24.3 Å². The van der Waals surface area contributed by atoms with Crippen molar-refractivity contribution in [3.05, 3.63) is 54.4 Å². The number of aromatic nitrogens is 1. The Bertz CT molecular complexity index is 500. The first-order chi connectivity index (χ1) is 8.90. The summed E-state index contributed by atoms with van der Waals surface area (Å²) in [5, 5.41) is 2.60. The summed E-state index contributed by atoms with van der Waals surface area (Å²) in [5.74, 6) is 0.667. The lowest BCUT2D eigenvalue weighted by atomic mass is 10.2. The zero-order valence-corrected chi connectivity index (χ0v) is 9.87. The van der Waals surface area contributed by atoms with Crippen LogP contribution in [0.2, 0.25) is 0 Å². The van der Waals surface area contributed by atoms with Crippen molar-refractivity contribution in [3.8, 4) is 5.75 Å². The lowest BCUT2D eigenvalue weighted by Gasteiger charge is -2.09. The number of pyridine rings is 1. The van der Waals surface area contributed by atoms with Gasteiger partial charge in [0.05, 0.1) is 12.3 Å². The zero-order chi connectivity index (χ0) is 12.6. The van der Waals surface area contributed by atoms with Crippen LogP contribution in [0.4, 0.5) is 5.69 Å². The summed E-state index contributed by atoms with van der Waals surface area (Å²) >= 11 is 0. The van der Waals surface area contributed by atoms with Gasteiger partial charge in [0.15, 0.2) is 0 Å². The highest BCUT2D eigenvalue weighted by Crippen LogP contribution is 2.22. The Balaban J connectivity index is 1.92. The van der Waals surface area contributed by atoms with E-state index in [-0.39, 0.29) is 0 Å². The molecule has 18 heavy (non-hydrogen) atoms. The van der Waals surface area contributed by atoms with Crippen molar-refractivity contribution in [1.82, 2.24) is 4.98 Å². The smallest absolute Gasteiger partial charge is 0.211 e. The number of para-hydroxylation sites is 2. The Hall–Kier alpha value is -2.36. The predicted octanol–water partition coefficient (Wildman–Crippen LogP) is 2.27. The Morgan fingerprint density at radius 2 is 2.00 bits per heavy atom. The highest BCUT2D eigenvalue weighted by atomic mass is 16.5. The number of anilines is 1. The molecule has 0 aliphatic rings. The van der Waals surface area contributed by atoms with Gasteiger partial charge in [0.2, 0.25) is 6.41 Å². The molecule has 92 valence electrons. The van der Waals surface area contributed by atoms with Crippen molar-refractivity contribution in [3.63, 3.8) is 0 Å². The van der Waals surface area contributed by atoms with E-state index in [2.05, 4.69) is 10.3 Å². The second-order valence-corrected chi connectivity index (χ2v) is 3.68. The highest BCUT2D eigenvalue weighted by Gasteiger charge is 2.01. The van der Waals surface area contributed by atoms with Crippen LogP contribution in [0, 0.1) is 0 Å². The number of rotatable bonds is 6. The molecule has 1 heterocycles. The van der Waals surface area contributed by atoms with Crippen molar-refractivity contribution in [2.24, 2.45) is 0 Å². The average Bonchev–Trinajstić information content (AvgIpc) is 2.42. The highest BCUT2D eigenvalue weighted by molar-refractivity contribution is 5.75. The van der Waals surface area contributed by atoms with E-state index >= 15 is 0 Å². The molecule has 4 nitrogen and oxygen atoms in total. The molecule has 1 amide bonds. The minimum Gasteiger partial charge on any atom is -0.491 e. The molecular formula is C14H14N2O2. The van der Waals surface area contributed by atoms with Gasteiger partial charge in [-0.3, -0.25) is 9.78 Å². The van der Waals surface area contributed by atoms with Gasteiger partial charge in [-0.15, -0.1) is 0 Å².